The molecule has 78 valence electrons. The van der Waals surface area contributed by atoms with E-state index in [4.69, 9.17) is 9.15 Å². The van der Waals surface area contributed by atoms with Gasteiger partial charge < -0.3 is 14.3 Å². The summed E-state index contributed by atoms with van der Waals surface area (Å²) in [5, 5.41) is 10.1. The van der Waals surface area contributed by atoms with Crippen LogP contribution < -0.4 is 4.74 Å². The lowest BCUT2D eigenvalue weighted by Gasteiger charge is -1.96. The molecule has 2 aromatic rings. The number of carbonyl (C=O) groups excluding carboxylic acids is 1. The van der Waals surface area contributed by atoms with Crippen LogP contribution in [0.25, 0.3) is 11.0 Å². The summed E-state index contributed by atoms with van der Waals surface area (Å²) in [6, 6.07) is 4.89. The first kappa shape index (κ1) is 9.58. The molecule has 0 atom stereocenters. The number of Topliss-reactive ketones (excluding diaryl/α,β-unsaturated/α-hetero) is 1. The number of ketones is 1. The van der Waals surface area contributed by atoms with Gasteiger partial charge in [-0.15, -0.1) is 0 Å². The topological polar surface area (TPSA) is 59.7 Å². The van der Waals surface area contributed by atoms with Crippen molar-refractivity contribution in [2.45, 2.75) is 6.92 Å². The van der Waals surface area contributed by atoms with Crippen LogP contribution in [0.2, 0.25) is 0 Å². The molecule has 0 saturated heterocycles. The van der Waals surface area contributed by atoms with Crippen LogP contribution in [0.3, 0.4) is 0 Å². The predicted octanol–water partition coefficient (Wildman–Crippen LogP) is 2.35. The summed E-state index contributed by atoms with van der Waals surface area (Å²) in [6.07, 6.45) is 0. The van der Waals surface area contributed by atoms with E-state index in [1.807, 2.05) is 0 Å². The number of carbonyl (C=O) groups is 1. The second-order valence-corrected chi connectivity index (χ2v) is 3.17. The molecular weight excluding hydrogens is 196 g/mol. The lowest BCUT2D eigenvalue weighted by molar-refractivity contribution is 0.0985. The normalized spacial score (nSPS) is 10.5. The molecule has 0 aliphatic heterocycles. The van der Waals surface area contributed by atoms with E-state index >= 15 is 0 Å². The van der Waals surface area contributed by atoms with Crippen LogP contribution in [0.15, 0.2) is 22.6 Å². The third kappa shape index (κ3) is 1.34. The largest absolute Gasteiger partial charge is 0.504 e. The smallest absolute Gasteiger partial charge is 0.212 e. The Balaban J connectivity index is 2.84. The highest BCUT2D eigenvalue weighted by Gasteiger charge is 2.19. The molecule has 0 fully saturated rings. The number of ether oxygens (including phenoxy) is 1. The maximum absolute atomic E-state index is 11.3. The Labute approximate surface area is 86.1 Å². The Hall–Kier alpha value is -1.97. The minimum atomic E-state index is -0.234. The molecule has 1 aromatic heterocycles. The van der Waals surface area contributed by atoms with Crippen molar-refractivity contribution in [1.82, 2.24) is 0 Å². The Kier molecular flexibility index (Phi) is 2.11. The molecule has 1 N–H and O–H groups in total. The number of hydrogen-bond acceptors (Lipinski definition) is 4. The van der Waals surface area contributed by atoms with Gasteiger partial charge in [-0.3, -0.25) is 4.79 Å². The number of fused-ring (bicyclic) bond motifs is 1. The first-order valence-corrected chi connectivity index (χ1v) is 4.44. The SMILES string of the molecule is COc1c(C(C)=O)oc2c(O)cccc12. The second-order valence-electron chi connectivity index (χ2n) is 3.17. The zero-order valence-electron chi connectivity index (χ0n) is 8.40. The molecule has 0 saturated carbocycles. The average molecular weight is 206 g/mol. The molecule has 15 heavy (non-hydrogen) atoms. The summed E-state index contributed by atoms with van der Waals surface area (Å²) in [7, 11) is 1.46. The number of phenolic OH excluding ortho intramolecular Hbond substituents is 1. The molecule has 4 nitrogen and oxygen atoms in total. The number of hydrogen-bond donors (Lipinski definition) is 1. The number of furan rings is 1. The van der Waals surface area contributed by atoms with Gasteiger partial charge in [0.1, 0.15) is 0 Å². The van der Waals surface area contributed by atoms with E-state index in [2.05, 4.69) is 0 Å². The van der Waals surface area contributed by atoms with Gasteiger partial charge >= 0.3 is 0 Å². The highest BCUT2D eigenvalue weighted by molar-refractivity contribution is 6.02. The third-order valence-corrected chi connectivity index (χ3v) is 2.17. The van der Waals surface area contributed by atoms with Gasteiger partial charge in [-0.25, -0.2) is 0 Å². The molecule has 0 radical (unpaired) electrons. The van der Waals surface area contributed by atoms with Crippen LogP contribution in [0.5, 0.6) is 11.5 Å². The van der Waals surface area contributed by atoms with Gasteiger partial charge in [0.25, 0.3) is 0 Å². The Morgan fingerprint density at radius 3 is 2.80 bits per heavy atom. The second kappa shape index (κ2) is 3.31. The van der Waals surface area contributed by atoms with Crippen molar-refractivity contribution >= 4 is 16.8 Å². The monoisotopic (exact) mass is 206 g/mol. The van der Waals surface area contributed by atoms with Gasteiger partial charge in [-0.1, -0.05) is 6.07 Å². The van der Waals surface area contributed by atoms with Crippen molar-refractivity contribution in [1.29, 1.82) is 0 Å². The van der Waals surface area contributed by atoms with Gasteiger partial charge in [-0.2, -0.15) is 0 Å². The number of phenols is 1. The number of aromatic hydroxyl groups is 1. The molecule has 0 unspecified atom stereocenters. The van der Waals surface area contributed by atoms with Crippen molar-refractivity contribution in [2.24, 2.45) is 0 Å². The van der Waals surface area contributed by atoms with Crippen molar-refractivity contribution in [3.05, 3.63) is 24.0 Å². The molecule has 2 rings (SSSR count). The lowest BCUT2D eigenvalue weighted by atomic mass is 10.2. The Morgan fingerprint density at radius 1 is 1.47 bits per heavy atom. The first-order valence-electron chi connectivity index (χ1n) is 4.44. The molecule has 0 amide bonds. The van der Waals surface area contributed by atoms with Gasteiger partial charge in [-0.05, 0) is 12.1 Å². The fourth-order valence-electron chi connectivity index (χ4n) is 1.52. The molecule has 0 aliphatic rings. The summed E-state index contributed by atoms with van der Waals surface area (Å²) < 4.78 is 10.3. The van der Waals surface area contributed by atoms with Crippen LogP contribution in [-0.2, 0) is 0 Å². The van der Waals surface area contributed by atoms with Crippen molar-refractivity contribution in [3.63, 3.8) is 0 Å². The number of para-hydroxylation sites is 1. The van der Waals surface area contributed by atoms with Gasteiger partial charge in [0.2, 0.25) is 5.76 Å². The molecule has 0 spiro atoms. The van der Waals surface area contributed by atoms with Crippen molar-refractivity contribution in [3.8, 4) is 11.5 Å². The third-order valence-electron chi connectivity index (χ3n) is 2.17. The van der Waals surface area contributed by atoms with Crippen LogP contribution in [-0.4, -0.2) is 18.0 Å². The van der Waals surface area contributed by atoms with Crippen molar-refractivity contribution in [2.75, 3.05) is 7.11 Å². The zero-order chi connectivity index (χ0) is 11.0. The number of methoxy groups -OCH3 is 1. The van der Waals surface area contributed by atoms with E-state index in [9.17, 15) is 9.90 Å². The van der Waals surface area contributed by atoms with E-state index in [0.29, 0.717) is 11.1 Å². The van der Waals surface area contributed by atoms with Crippen LogP contribution in [0, 0.1) is 0 Å². The first-order chi connectivity index (χ1) is 7.15. The quantitative estimate of drug-likeness (QED) is 0.766. The van der Waals surface area contributed by atoms with Gasteiger partial charge in [0, 0.05) is 6.92 Å². The summed E-state index contributed by atoms with van der Waals surface area (Å²) >= 11 is 0. The lowest BCUT2D eigenvalue weighted by Crippen LogP contribution is -1.92. The molecule has 0 aliphatic carbocycles. The highest BCUT2D eigenvalue weighted by atomic mass is 16.5. The Morgan fingerprint density at radius 2 is 2.20 bits per heavy atom. The van der Waals surface area contributed by atoms with Crippen molar-refractivity contribution < 1.29 is 19.1 Å². The van der Waals surface area contributed by atoms with Crippen LogP contribution >= 0.6 is 0 Å². The van der Waals surface area contributed by atoms with Crippen LogP contribution in [0.4, 0.5) is 0 Å². The van der Waals surface area contributed by atoms with E-state index in [0.717, 1.165) is 0 Å². The fourth-order valence-corrected chi connectivity index (χ4v) is 1.52. The summed E-state index contributed by atoms with van der Waals surface area (Å²) in [4.78, 5) is 11.3. The van der Waals surface area contributed by atoms with Gasteiger partial charge in [0.05, 0.1) is 12.5 Å². The zero-order valence-corrected chi connectivity index (χ0v) is 8.40. The highest BCUT2D eigenvalue weighted by Crippen LogP contribution is 2.37. The number of rotatable bonds is 2. The summed E-state index contributed by atoms with van der Waals surface area (Å²) in [5.74, 6) is 0.267. The van der Waals surface area contributed by atoms with E-state index in [1.165, 1.54) is 20.1 Å². The Bertz CT molecular complexity index is 525. The summed E-state index contributed by atoms with van der Waals surface area (Å²) in [5.41, 5.74) is 0.277. The van der Waals surface area contributed by atoms with E-state index < -0.39 is 0 Å². The maximum Gasteiger partial charge on any atom is 0.212 e. The molecule has 0 bridgehead atoms. The molecule has 1 aromatic carbocycles. The fraction of sp³-hybridized carbons (Fsp3) is 0.182. The average Bonchev–Trinajstić information content (AvgIpc) is 2.57. The van der Waals surface area contributed by atoms with Gasteiger partial charge in [0.15, 0.2) is 22.9 Å². The standard InChI is InChI=1S/C11H10O4/c1-6(12)9-11(14-2)7-4-3-5-8(13)10(7)15-9/h3-5,13H,1-2H3. The van der Waals surface area contributed by atoms with Crippen LogP contribution in [0.1, 0.15) is 17.5 Å². The molecular formula is C11H10O4. The predicted molar refractivity (Wildman–Crippen MR) is 54.4 cm³/mol. The van der Waals surface area contributed by atoms with E-state index in [1.54, 1.807) is 12.1 Å². The van der Waals surface area contributed by atoms with E-state index in [-0.39, 0.29) is 22.9 Å². The minimum absolute atomic E-state index is 0.00157. The molecule has 4 heteroatoms. The minimum Gasteiger partial charge on any atom is -0.504 e. The summed E-state index contributed by atoms with van der Waals surface area (Å²) in [6.45, 7) is 1.39. The molecule has 1 heterocycles. The maximum atomic E-state index is 11.3. The number of benzene rings is 1.